The Kier molecular flexibility index (Phi) is 5.33. The molecule has 0 heterocycles. The van der Waals surface area contributed by atoms with Crippen molar-refractivity contribution in [1.82, 2.24) is 0 Å². The van der Waals surface area contributed by atoms with Crippen LogP contribution in [0.2, 0.25) is 5.02 Å². The smallest absolute Gasteiger partial charge is 0.122 e. The molecule has 1 rings (SSSR count). The van der Waals surface area contributed by atoms with Gasteiger partial charge >= 0.3 is 0 Å². The van der Waals surface area contributed by atoms with Gasteiger partial charge in [0.25, 0.3) is 0 Å². The Morgan fingerprint density at radius 3 is 2.41 bits per heavy atom. The second-order valence-corrected chi connectivity index (χ2v) is 5.69. The molecular weight excluding hydrogens is 300 g/mol. The largest absolute Gasteiger partial charge is 0.496 e. The molecule has 0 aliphatic carbocycles. The molecule has 1 nitrogen and oxygen atoms in total. The Morgan fingerprint density at radius 2 is 1.94 bits per heavy atom. The molecule has 0 N–H and O–H groups in total. The van der Waals surface area contributed by atoms with E-state index in [9.17, 15) is 0 Å². The molecule has 17 heavy (non-hydrogen) atoms. The number of hydrogen-bond acceptors (Lipinski definition) is 1. The molecule has 0 fully saturated rings. The zero-order valence-corrected chi connectivity index (χ0v) is 13.4. The van der Waals surface area contributed by atoms with Crippen molar-refractivity contribution in [2.24, 2.45) is 5.92 Å². The van der Waals surface area contributed by atoms with E-state index in [-0.39, 0.29) is 0 Å². The van der Waals surface area contributed by atoms with Gasteiger partial charge in [-0.25, -0.2) is 0 Å². The van der Waals surface area contributed by atoms with Crippen LogP contribution in [-0.2, 0) is 0 Å². The molecule has 0 bridgehead atoms. The standard InChI is InChI=1S/C14H20BrClO/c1-8-6-12(17-5)13(11(4)14(8)16)10(3)9(2)7-15/h6,9-10H,7H2,1-5H3. The predicted molar refractivity (Wildman–Crippen MR) is 78.9 cm³/mol. The van der Waals surface area contributed by atoms with Gasteiger partial charge in [0.15, 0.2) is 0 Å². The van der Waals surface area contributed by atoms with Crippen molar-refractivity contribution in [2.75, 3.05) is 12.4 Å². The van der Waals surface area contributed by atoms with Crippen molar-refractivity contribution in [3.63, 3.8) is 0 Å². The Balaban J connectivity index is 3.35. The summed E-state index contributed by atoms with van der Waals surface area (Å²) in [6.07, 6.45) is 0. The van der Waals surface area contributed by atoms with Gasteiger partial charge in [-0.05, 0) is 42.9 Å². The fraction of sp³-hybridized carbons (Fsp3) is 0.571. The van der Waals surface area contributed by atoms with Crippen LogP contribution in [0.15, 0.2) is 6.07 Å². The summed E-state index contributed by atoms with van der Waals surface area (Å²) in [7, 11) is 1.72. The van der Waals surface area contributed by atoms with E-state index < -0.39 is 0 Å². The third kappa shape index (κ3) is 2.97. The van der Waals surface area contributed by atoms with Crippen LogP contribution >= 0.6 is 27.5 Å². The van der Waals surface area contributed by atoms with Gasteiger partial charge in [-0.15, -0.1) is 0 Å². The van der Waals surface area contributed by atoms with Crippen LogP contribution in [0.4, 0.5) is 0 Å². The van der Waals surface area contributed by atoms with Gasteiger partial charge in [-0.2, -0.15) is 0 Å². The molecule has 2 atom stereocenters. The highest BCUT2D eigenvalue weighted by atomic mass is 79.9. The first-order chi connectivity index (χ1) is 7.93. The zero-order valence-electron chi connectivity index (χ0n) is 11.1. The topological polar surface area (TPSA) is 9.23 Å². The van der Waals surface area contributed by atoms with E-state index in [0.717, 1.165) is 27.2 Å². The summed E-state index contributed by atoms with van der Waals surface area (Å²) in [4.78, 5) is 0. The lowest BCUT2D eigenvalue weighted by atomic mass is 9.86. The van der Waals surface area contributed by atoms with Crippen molar-refractivity contribution in [3.05, 3.63) is 27.8 Å². The molecule has 96 valence electrons. The number of halogens is 2. The second-order valence-electron chi connectivity index (χ2n) is 4.67. The van der Waals surface area contributed by atoms with Crippen LogP contribution in [0, 0.1) is 19.8 Å². The van der Waals surface area contributed by atoms with E-state index in [1.165, 1.54) is 5.56 Å². The Hall–Kier alpha value is -0.210. The summed E-state index contributed by atoms with van der Waals surface area (Å²) in [5.74, 6) is 1.91. The van der Waals surface area contributed by atoms with Crippen LogP contribution in [0.3, 0.4) is 0 Å². The van der Waals surface area contributed by atoms with E-state index in [1.54, 1.807) is 7.11 Å². The summed E-state index contributed by atoms with van der Waals surface area (Å²) >= 11 is 9.88. The lowest BCUT2D eigenvalue weighted by molar-refractivity contribution is 0.398. The molecule has 0 amide bonds. The summed E-state index contributed by atoms with van der Waals surface area (Å²) in [6, 6.07) is 2.03. The molecule has 0 aliphatic heterocycles. The van der Waals surface area contributed by atoms with Crippen molar-refractivity contribution in [3.8, 4) is 5.75 Å². The first kappa shape index (κ1) is 14.8. The van der Waals surface area contributed by atoms with E-state index >= 15 is 0 Å². The number of hydrogen-bond donors (Lipinski definition) is 0. The number of alkyl halides is 1. The van der Waals surface area contributed by atoms with Crippen molar-refractivity contribution >= 4 is 27.5 Å². The summed E-state index contributed by atoms with van der Waals surface area (Å²) < 4.78 is 5.50. The Bertz CT molecular complexity index is 404. The second kappa shape index (κ2) is 6.10. The van der Waals surface area contributed by atoms with Crippen LogP contribution < -0.4 is 4.74 Å². The summed E-state index contributed by atoms with van der Waals surface area (Å²) in [5, 5.41) is 1.83. The van der Waals surface area contributed by atoms with Gasteiger partial charge in [0.1, 0.15) is 5.75 Å². The zero-order chi connectivity index (χ0) is 13.2. The normalized spacial score (nSPS) is 14.5. The molecule has 0 aliphatic rings. The van der Waals surface area contributed by atoms with Gasteiger partial charge in [0.05, 0.1) is 7.11 Å². The van der Waals surface area contributed by atoms with Gasteiger partial charge in [-0.1, -0.05) is 41.4 Å². The molecule has 0 aromatic heterocycles. The molecule has 0 saturated heterocycles. The minimum Gasteiger partial charge on any atom is -0.496 e. The maximum absolute atomic E-state index is 6.34. The molecule has 0 radical (unpaired) electrons. The van der Waals surface area contributed by atoms with Crippen molar-refractivity contribution in [1.29, 1.82) is 0 Å². The lowest BCUT2D eigenvalue weighted by Gasteiger charge is -2.24. The number of rotatable bonds is 4. The monoisotopic (exact) mass is 318 g/mol. The van der Waals surface area contributed by atoms with Crippen LogP contribution in [-0.4, -0.2) is 12.4 Å². The van der Waals surface area contributed by atoms with Crippen molar-refractivity contribution < 1.29 is 4.74 Å². The highest BCUT2D eigenvalue weighted by Crippen LogP contribution is 2.39. The van der Waals surface area contributed by atoms with Crippen molar-refractivity contribution in [2.45, 2.75) is 33.6 Å². The van der Waals surface area contributed by atoms with Crippen LogP contribution in [0.25, 0.3) is 0 Å². The lowest BCUT2D eigenvalue weighted by Crippen LogP contribution is -2.11. The molecule has 1 aromatic rings. The highest BCUT2D eigenvalue weighted by molar-refractivity contribution is 9.09. The number of ether oxygens (including phenoxy) is 1. The Labute approximate surface area is 118 Å². The molecule has 1 aromatic carbocycles. The summed E-state index contributed by atoms with van der Waals surface area (Å²) in [6.45, 7) is 8.54. The molecule has 0 saturated carbocycles. The first-order valence-electron chi connectivity index (χ1n) is 5.83. The average Bonchev–Trinajstić information content (AvgIpc) is 2.33. The highest BCUT2D eigenvalue weighted by Gasteiger charge is 2.21. The van der Waals surface area contributed by atoms with Crippen LogP contribution in [0.1, 0.15) is 36.5 Å². The average molecular weight is 320 g/mol. The van der Waals surface area contributed by atoms with E-state index in [4.69, 9.17) is 16.3 Å². The van der Waals surface area contributed by atoms with E-state index in [0.29, 0.717) is 11.8 Å². The van der Waals surface area contributed by atoms with Gasteiger partial charge in [0, 0.05) is 15.9 Å². The van der Waals surface area contributed by atoms with E-state index in [2.05, 4.69) is 36.7 Å². The molecule has 3 heteroatoms. The third-order valence-electron chi connectivity index (χ3n) is 3.46. The fourth-order valence-electron chi connectivity index (χ4n) is 2.09. The predicted octanol–water partition coefficient (Wildman–Crippen LogP) is 5.10. The minimum atomic E-state index is 0.419. The molecule has 2 unspecified atom stereocenters. The van der Waals surface area contributed by atoms with Gasteiger partial charge in [0.2, 0.25) is 0 Å². The van der Waals surface area contributed by atoms with Crippen LogP contribution in [0.5, 0.6) is 5.75 Å². The minimum absolute atomic E-state index is 0.419. The maximum Gasteiger partial charge on any atom is 0.122 e. The molecular formula is C14H20BrClO. The number of aryl methyl sites for hydroxylation is 1. The van der Waals surface area contributed by atoms with Gasteiger partial charge in [-0.3, -0.25) is 0 Å². The fourth-order valence-corrected chi connectivity index (χ4v) is 2.81. The maximum atomic E-state index is 6.34. The van der Waals surface area contributed by atoms with E-state index in [1.807, 2.05) is 13.0 Å². The SMILES string of the molecule is COc1cc(C)c(Cl)c(C)c1C(C)C(C)CBr. The third-order valence-corrected chi connectivity index (χ3v) is 5.07. The number of benzene rings is 1. The molecule has 0 spiro atoms. The van der Waals surface area contributed by atoms with Gasteiger partial charge < -0.3 is 4.74 Å². The first-order valence-corrected chi connectivity index (χ1v) is 7.33. The Morgan fingerprint density at radius 1 is 1.35 bits per heavy atom. The summed E-state index contributed by atoms with van der Waals surface area (Å²) in [5.41, 5.74) is 3.45. The number of methoxy groups -OCH3 is 1. The quantitative estimate of drug-likeness (QED) is 0.702.